The van der Waals surface area contributed by atoms with E-state index in [9.17, 15) is 0 Å². The van der Waals surface area contributed by atoms with Gasteiger partial charge in [0.25, 0.3) is 0 Å². The second kappa shape index (κ2) is 2.18. The fourth-order valence-corrected chi connectivity index (χ4v) is 0.689. The number of nitrogens with one attached hydrogen (secondary N) is 1. The van der Waals surface area contributed by atoms with Crippen molar-refractivity contribution in [1.29, 1.82) is 0 Å². The summed E-state index contributed by atoms with van der Waals surface area (Å²) in [6.07, 6.45) is 0.958. The molecule has 0 aliphatic heterocycles. The van der Waals surface area contributed by atoms with E-state index < -0.39 is 0 Å². The molecule has 0 amide bonds. The van der Waals surface area contributed by atoms with Crippen LogP contribution in [0.3, 0.4) is 0 Å². The number of aryl methyl sites for hydroxylation is 1. The van der Waals surface area contributed by atoms with E-state index in [-0.39, 0.29) is 0 Å². The Morgan fingerprint density at radius 1 is 1.88 bits per heavy atom. The van der Waals surface area contributed by atoms with Crippen molar-refractivity contribution in [2.24, 2.45) is 0 Å². The Morgan fingerprint density at radius 2 is 2.62 bits per heavy atom. The molecule has 1 aromatic rings. The second-order valence-electron chi connectivity index (χ2n) is 1.57. The summed E-state index contributed by atoms with van der Waals surface area (Å²) in [6.45, 7) is 2.05. The van der Waals surface area contributed by atoms with Gasteiger partial charge in [-0.3, -0.25) is 5.10 Å². The highest BCUT2D eigenvalue weighted by atomic mass is 35.5. The van der Waals surface area contributed by atoms with Crippen LogP contribution in [0, 0.1) is 0 Å². The lowest BCUT2D eigenvalue weighted by Gasteiger charge is -1.79. The molecule has 8 heavy (non-hydrogen) atoms. The molecule has 1 rings (SSSR count). The van der Waals surface area contributed by atoms with Crippen LogP contribution in [-0.2, 0) is 6.42 Å². The highest BCUT2D eigenvalue weighted by molar-refractivity contribution is 6.29. The number of nitrogens with zero attached hydrogens (tertiary/aromatic N) is 1. The molecule has 0 fully saturated rings. The predicted molar refractivity (Wildman–Crippen MR) is 33.0 cm³/mol. The summed E-state index contributed by atoms with van der Waals surface area (Å²) in [6, 6.07) is 1.82. The average Bonchev–Trinajstić information content (AvgIpc) is 2.14. The minimum Gasteiger partial charge on any atom is -0.281 e. The molecule has 0 radical (unpaired) electrons. The first-order valence-electron chi connectivity index (χ1n) is 2.52. The summed E-state index contributed by atoms with van der Waals surface area (Å²) in [5.41, 5.74) is 1.08. The quantitative estimate of drug-likeness (QED) is 0.615. The standard InChI is InChI=1S/C5H7ClN2/c1-2-4-3-5(6)8-7-4/h3H,2H2,1H3,(H,7,8). The lowest BCUT2D eigenvalue weighted by Crippen LogP contribution is -1.75. The molecule has 0 saturated heterocycles. The van der Waals surface area contributed by atoms with Crippen molar-refractivity contribution in [3.05, 3.63) is 16.9 Å². The molecule has 44 valence electrons. The van der Waals surface area contributed by atoms with E-state index in [4.69, 9.17) is 11.6 Å². The zero-order chi connectivity index (χ0) is 5.98. The molecule has 0 saturated carbocycles. The third kappa shape index (κ3) is 1.01. The van der Waals surface area contributed by atoms with Gasteiger partial charge in [0, 0.05) is 5.69 Å². The zero-order valence-electron chi connectivity index (χ0n) is 4.61. The number of rotatable bonds is 1. The first-order chi connectivity index (χ1) is 3.83. The molecule has 0 atom stereocenters. The molecule has 0 aliphatic carbocycles. The molecule has 1 heterocycles. The van der Waals surface area contributed by atoms with Gasteiger partial charge in [-0.15, -0.1) is 0 Å². The normalized spacial score (nSPS) is 9.75. The van der Waals surface area contributed by atoms with Crippen LogP contribution in [-0.4, -0.2) is 10.2 Å². The van der Waals surface area contributed by atoms with Gasteiger partial charge in [-0.25, -0.2) is 0 Å². The van der Waals surface area contributed by atoms with Crippen LogP contribution >= 0.6 is 11.6 Å². The Bertz CT molecular complexity index is 171. The van der Waals surface area contributed by atoms with Crippen molar-refractivity contribution in [2.75, 3.05) is 0 Å². The van der Waals surface area contributed by atoms with Crippen LogP contribution in [0.5, 0.6) is 0 Å². The van der Waals surface area contributed by atoms with E-state index in [1.165, 1.54) is 0 Å². The van der Waals surface area contributed by atoms with E-state index in [1.54, 1.807) is 0 Å². The maximum absolute atomic E-state index is 5.50. The van der Waals surface area contributed by atoms with Crippen molar-refractivity contribution in [3.8, 4) is 0 Å². The van der Waals surface area contributed by atoms with Gasteiger partial charge in [0.15, 0.2) is 5.15 Å². The Hall–Kier alpha value is -0.500. The molecule has 1 aromatic heterocycles. The van der Waals surface area contributed by atoms with Crippen molar-refractivity contribution in [3.63, 3.8) is 0 Å². The largest absolute Gasteiger partial charge is 0.281 e. The monoisotopic (exact) mass is 130 g/mol. The summed E-state index contributed by atoms with van der Waals surface area (Å²) in [7, 11) is 0. The van der Waals surface area contributed by atoms with Gasteiger partial charge in [-0.2, -0.15) is 5.10 Å². The molecule has 2 nitrogen and oxygen atoms in total. The van der Waals surface area contributed by atoms with E-state index in [0.29, 0.717) is 5.15 Å². The fraction of sp³-hybridized carbons (Fsp3) is 0.400. The Balaban J connectivity index is 2.84. The van der Waals surface area contributed by atoms with Gasteiger partial charge in [-0.05, 0) is 12.5 Å². The summed E-state index contributed by atoms with van der Waals surface area (Å²) in [4.78, 5) is 0. The second-order valence-corrected chi connectivity index (χ2v) is 1.96. The number of aromatic nitrogens is 2. The van der Waals surface area contributed by atoms with Gasteiger partial charge < -0.3 is 0 Å². The molecular weight excluding hydrogens is 124 g/mol. The molecule has 0 aliphatic rings. The van der Waals surface area contributed by atoms with Crippen molar-refractivity contribution in [2.45, 2.75) is 13.3 Å². The van der Waals surface area contributed by atoms with Crippen molar-refractivity contribution in [1.82, 2.24) is 10.2 Å². The molecule has 0 aromatic carbocycles. The summed E-state index contributed by atoms with van der Waals surface area (Å²) >= 11 is 5.50. The Morgan fingerprint density at radius 3 is 2.88 bits per heavy atom. The van der Waals surface area contributed by atoms with Crippen LogP contribution in [0.4, 0.5) is 0 Å². The van der Waals surface area contributed by atoms with Gasteiger partial charge in [-0.1, -0.05) is 18.5 Å². The van der Waals surface area contributed by atoms with E-state index in [1.807, 2.05) is 13.0 Å². The molecule has 3 heteroatoms. The maximum atomic E-state index is 5.50. The number of hydrogen-bond acceptors (Lipinski definition) is 1. The van der Waals surface area contributed by atoms with Gasteiger partial charge >= 0.3 is 0 Å². The Labute approximate surface area is 52.9 Å². The SMILES string of the molecule is CCc1cc(Cl)n[nH]1. The average molecular weight is 131 g/mol. The van der Waals surface area contributed by atoms with Crippen LogP contribution < -0.4 is 0 Å². The van der Waals surface area contributed by atoms with Crippen LogP contribution in [0.25, 0.3) is 0 Å². The van der Waals surface area contributed by atoms with Gasteiger partial charge in [0.05, 0.1) is 0 Å². The third-order valence-electron chi connectivity index (χ3n) is 0.981. The first-order valence-corrected chi connectivity index (χ1v) is 2.90. The third-order valence-corrected chi connectivity index (χ3v) is 1.17. The van der Waals surface area contributed by atoms with E-state index >= 15 is 0 Å². The minimum atomic E-state index is 0.543. The van der Waals surface area contributed by atoms with Crippen molar-refractivity contribution >= 4 is 11.6 Å². The number of halogens is 1. The summed E-state index contributed by atoms with van der Waals surface area (Å²) in [5.74, 6) is 0. The zero-order valence-corrected chi connectivity index (χ0v) is 5.37. The van der Waals surface area contributed by atoms with Gasteiger partial charge in [0.2, 0.25) is 0 Å². The lowest BCUT2D eigenvalue weighted by atomic mass is 10.4. The molecular formula is C5H7ClN2. The highest BCUT2D eigenvalue weighted by Gasteiger charge is 1.91. The smallest absolute Gasteiger partial charge is 0.151 e. The number of aromatic amines is 1. The maximum Gasteiger partial charge on any atom is 0.151 e. The fourth-order valence-electron chi connectivity index (χ4n) is 0.515. The minimum absolute atomic E-state index is 0.543. The van der Waals surface area contributed by atoms with Crippen LogP contribution in [0.15, 0.2) is 6.07 Å². The highest BCUT2D eigenvalue weighted by Crippen LogP contribution is 2.04. The summed E-state index contributed by atoms with van der Waals surface area (Å²) < 4.78 is 0. The van der Waals surface area contributed by atoms with Crippen LogP contribution in [0.1, 0.15) is 12.6 Å². The van der Waals surface area contributed by atoms with E-state index in [0.717, 1.165) is 12.1 Å². The Kier molecular flexibility index (Phi) is 1.53. The van der Waals surface area contributed by atoms with Gasteiger partial charge in [0.1, 0.15) is 0 Å². The topological polar surface area (TPSA) is 28.7 Å². The van der Waals surface area contributed by atoms with Crippen LogP contribution in [0.2, 0.25) is 5.15 Å². The lowest BCUT2D eigenvalue weighted by molar-refractivity contribution is 0.975. The molecule has 0 spiro atoms. The van der Waals surface area contributed by atoms with Crippen molar-refractivity contribution < 1.29 is 0 Å². The predicted octanol–water partition coefficient (Wildman–Crippen LogP) is 1.63. The number of H-pyrrole nitrogens is 1. The number of hydrogen-bond donors (Lipinski definition) is 1. The van der Waals surface area contributed by atoms with E-state index in [2.05, 4.69) is 10.2 Å². The molecule has 1 N–H and O–H groups in total. The summed E-state index contributed by atoms with van der Waals surface area (Å²) in [5, 5.41) is 7.04. The first kappa shape index (κ1) is 5.63. The molecule has 0 bridgehead atoms. The molecule has 0 unspecified atom stereocenters.